The van der Waals surface area contributed by atoms with Gasteiger partial charge < -0.3 is 14.7 Å². The highest BCUT2D eigenvalue weighted by Crippen LogP contribution is 2.33. The van der Waals surface area contributed by atoms with Crippen molar-refractivity contribution in [3.05, 3.63) is 10.6 Å². The number of carboxylic acids is 1. The van der Waals surface area contributed by atoms with Crippen molar-refractivity contribution in [3.63, 3.8) is 0 Å². The Morgan fingerprint density at radius 2 is 2.05 bits per heavy atom. The van der Waals surface area contributed by atoms with Crippen LogP contribution in [0, 0.1) is 0 Å². The number of methoxy groups -OCH3 is 1. The fourth-order valence-corrected chi connectivity index (χ4v) is 3.19. The van der Waals surface area contributed by atoms with Crippen LogP contribution in [0.15, 0.2) is 0 Å². The summed E-state index contributed by atoms with van der Waals surface area (Å²) >= 11 is 1.27. The molecule has 1 aromatic rings. The lowest BCUT2D eigenvalue weighted by atomic mass is 10.0. The first-order valence-corrected chi connectivity index (χ1v) is 8.27. The summed E-state index contributed by atoms with van der Waals surface area (Å²) in [6.07, 6.45) is 1.86. The summed E-state index contributed by atoms with van der Waals surface area (Å²) in [5, 5.41) is 10.2. The van der Waals surface area contributed by atoms with Gasteiger partial charge in [-0.1, -0.05) is 32.1 Å². The quantitative estimate of drug-likeness (QED) is 0.754. The molecule has 0 fully saturated rings. The van der Waals surface area contributed by atoms with Crippen molar-refractivity contribution < 1.29 is 14.6 Å². The van der Waals surface area contributed by atoms with Gasteiger partial charge in [-0.3, -0.25) is 0 Å². The number of carboxylic acid groups (broad SMARTS) is 1. The molecule has 0 aromatic carbocycles. The van der Waals surface area contributed by atoms with Crippen LogP contribution < -0.4 is 4.90 Å². The predicted octanol–water partition coefficient (Wildman–Crippen LogP) is 3.61. The van der Waals surface area contributed by atoms with Crippen LogP contribution in [-0.2, 0) is 4.74 Å². The minimum Gasteiger partial charge on any atom is -0.477 e. The third-order valence-corrected chi connectivity index (χ3v) is 4.92. The minimum absolute atomic E-state index is 0.155. The Hall–Kier alpha value is -1.14. The van der Waals surface area contributed by atoms with E-state index in [1.165, 1.54) is 11.3 Å². The van der Waals surface area contributed by atoms with Gasteiger partial charge in [-0.25, -0.2) is 9.78 Å². The topological polar surface area (TPSA) is 62.7 Å². The van der Waals surface area contributed by atoms with E-state index in [9.17, 15) is 9.90 Å². The third kappa shape index (κ3) is 4.41. The van der Waals surface area contributed by atoms with Crippen molar-refractivity contribution in [1.82, 2.24) is 4.98 Å². The van der Waals surface area contributed by atoms with Crippen molar-refractivity contribution >= 4 is 22.4 Å². The van der Waals surface area contributed by atoms with E-state index in [1.807, 2.05) is 13.8 Å². The second kappa shape index (κ2) is 8.34. The number of rotatable bonds is 9. The van der Waals surface area contributed by atoms with Crippen LogP contribution in [0.5, 0.6) is 0 Å². The Morgan fingerprint density at radius 3 is 2.52 bits per heavy atom. The Morgan fingerprint density at radius 1 is 1.38 bits per heavy atom. The van der Waals surface area contributed by atoms with Crippen molar-refractivity contribution in [3.8, 4) is 0 Å². The highest BCUT2D eigenvalue weighted by molar-refractivity contribution is 7.17. The Kier molecular flexibility index (Phi) is 7.11. The largest absolute Gasteiger partial charge is 0.477 e. The summed E-state index contributed by atoms with van der Waals surface area (Å²) in [5.74, 6) is -0.729. The lowest BCUT2D eigenvalue weighted by Crippen LogP contribution is -2.35. The van der Waals surface area contributed by atoms with Gasteiger partial charge in [-0.15, -0.1) is 0 Å². The third-order valence-electron chi connectivity index (χ3n) is 3.82. The van der Waals surface area contributed by atoms with E-state index < -0.39 is 5.97 Å². The molecule has 1 heterocycles. The first-order chi connectivity index (χ1) is 9.96. The number of ether oxygens (including phenoxy) is 1. The molecule has 6 heteroatoms. The van der Waals surface area contributed by atoms with Crippen molar-refractivity contribution in [2.75, 3.05) is 25.2 Å². The van der Waals surface area contributed by atoms with Crippen molar-refractivity contribution in [2.45, 2.75) is 52.5 Å². The molecule has 0 aliphatic rings. The molecule has 2 atom stereocenters. The van der Waals surface area contributed by atoms with Crippen LogP contribution in [-0.4, -0.2) is 42.4 Å². The molecule has 2 unspecified atom stereocenters. The second-order valence-corrected chi connectivity index (χ2v) is 6.25. The lowest BCUT2D eigenvalue weighted by molar-refractivity contribution is 0.0700. The molecule has 120 valence electrons. The van der Waals surface area contributed by atoms with Gasteiger partial charge in [0.2, 0.25) is 0 Å². The van der Waals surface area contributed by atoms with Gasteiger partial charge in [0.1, 0.15) is 4.88 Å². The molecule has 1 N–H and O–H groups in total. The summed E-state index contributed by atoms with van der Waals surface area (Å²) in [6, 6.07) is 0.303. The maximum absolute atomic E-state index is 11.5. The summed E-state index contributed by atoms with van der Waals surface area (Å²) in [7, 11) is 1.67. The molecule has 0 spiro atoms. The smallest absolute Gasteiger partial charge is 0.347 e. The summed E-state index contributed by atoms with van der Waals surface area (Å²) in [4.78, 5) is 18.6. The summed E-state index contributed by atoms with van der Waals surface area (Å²) in [6.45, 7) is 9.63. The molecule has 1 aromatic heterocycles. The highest BCUT2D eigenvalue weighted by atomic mass is 32.1. The van der Waals surface area contributed by atoms with Crippen molar-refractivity contribution in [1.29, 1.82) is 0 Å². The molecular weight excluding hydrogens is 288 g/mol. The van der Waals surface area contributed by atoms with E-state index >= 15 is 0 Å². The number of hydrogen-bond donors (Lipinski definition) is 1. The van der Waals surface area contributed by atoms with E-state index in [4.69, 9.17) is 4.74 Å². The maximum Gasteiger partial charge on any atom is 0.347 e. The van der Waals surface area contributed by atoms with Gasteiger partial charge >= 0.3 is 5.97 Å². The number of thiazole rings is 1. The van der Waals surface area contributed by atoms with Gasteiger partial charge in [-0.2, -0.15) is 0 Å². The SMILES string of the molecule is CCC(C)c1nc(N(CCOC)C(C)CC)sc1C(=O)O. The van der Waals surface area contributed by atoms with Gasteiger partial charge in [0, 0.05) is 19.7 Å². The average Bonchev–Trinajstić information content (AvgIpc) is 2.91. The van der Waals surface area contributed by atoms with Gasteiger partial charge in [0.25, 0.3) is 0 Å². The fourth-order valence-electron chi connectivity index (χ4n) is 2.04. The molecule has 1 rings (SSSR count). The number of aromatic nitrogens is 1. The minimum atomic E-state index is -0.884. The Labute approximate surface area is 130 Å². The summed E-state index contributed by atoms with van der Waals surface area (Å²) in [5.41, 5.74) is 0.704. The molecule has 0 aliphatic heterocycles. The molecule has 5 nitrogen and oxygen atoms in total. The Balaban J connectivity index is 3.16. The van der Waals surface area contributed by atoms with E-state index in [0.717, 1.165) is 24.5 Å². The van der Waals surface area contributed by atoms with Crippen LogP contribution in [0.4, 0.5) is 5.13 Å². The molecule has 0 saturated heterocycles. The van der Waals surface area contributed by atoms with Crippen LogP contribution in [0.3, 0.4) is 0 Å². The molecular formula is C15H26N2O3S. The van der Waals surface area contributed by atoms with Gasteiger partial charge in [0.05, 0.1) is 12.3 Å². The van der Waals surface area contributed by atoms with E-state index in [2.05, 4.69) is 23.7 Å². The molecule has 0 bridgehead atoms. The molecule has 21 heavy (non-hydrogen) atoms. The van der Waals surface area contributed by atoms with E-state index in [0.29, 0.717) is 23.2 Å². The number of hydrogen-bond acceptors (Lipinski definition) is 5. The van der Waals surface area contributed by atoms with Crippen LogP contribution >= 0.6 is 11.3 Å². The lowest BCUT2D eigenvalue weighted by Gasteiger charge is -2.27. The number of nitrogens with zero attached hydrogens (tertiary/aromatic N) is 2. The molecule has 0 aliphatic carbocycles. The maximum atomic E-state index is 11.5. The molecule has 0 radical (unpaired) electrons. The van der Waals surface area contributed by atoms with Gasteiger partial charge in [-0.05, 0) is 25.7 Å². The average molecular weight is 314 g/mol. The number of aromatic carboxylic acids is 1. The van der Waals surface area contributed by atoms with Crippen molar-refractivity contribution in [2.24, 2.45) is 0 Å². The first-order valence-electron chi connectivity index (χ1n) is 7.45. The zero-order valence-corrected chi connectivity index (χ0v) is 14.4. The normalized spacial score (nSPS) is 14.0. The standard InChI is InChI=1S/C15H26N2O3S/c1-6-10(3)12-13(14(18)19)21-15(16-12)17(8-9-20-5)11(4)7-2/h10-11H,6-9H2,1-5H3,(H,18,19). The van der Waals surface area contributed by atoms with Crippen LogP contribution in [0.2, 0.25) is 0 Å². The van der Waals surface area contributed by atoms with E-state index in [1.54, 1.807) is 7.11 Å². The highest BCUT2D eigenvalue weighted by Gasteiger charge is 2.25. The molecule has 0 saturated carbocycles. The monoisotopic (exact) mass is 314 g/mol. The molecule has 0 amide bonds. The van der Waals surface area contributed by atoms with Crippen LogP contribution in [0.25, 0.3) is 0 Å². The first kappa shape index (κ1) is 17.9. The zero-order chi connectivity index (χ0) is 16.0. The van der Waals surface area contributed by atoms with Gasteiger partial charge in [0.15, 0.2) is 5.13 Å². The fraction of sp³-hybridized carbons (Fsp3) is 0.733. The van der Waals surface area contributed by atoms with Crippen LogP contribution in [0.1, 0.15) is 61.8 Å². The summed E-state index contributed by atoms with van der Waals surface area (Å²) < 4.78 is 5.16. The predicted molar refractivity (Wildman–Crippen MR) is 86.8 cm³/mol. The van der Waals surface area contributed by atoms with E-state index in [-0.39, 0.29) is 5.92 Å². The zero-order valence-electron chi connectivity index (χ0n) is 13.5. The number of anilines is 1. The number of carbonyl (C=O) groups is 1. The second-order valence-electron chi connectivity index (χ2n) is 5.27. The Bertz CT molecular complexity index is 462.